The van der Waals surface area contributed by atoms with E-state index in [1.807, 2.05) is 0 Å². The number of aliphatic carboxylic acids is 1. The molecule has 0 saturated heterocycles. The molecule has 98 valence electrons. The Morgan fingerprint density at radius 3 is 2.28 bits per heavy atom. The van der Waals surface area contributed by atoms with Gasteiger partial charge in [0.2, 0.25) is 0 Å². The lowest BCUT2D eigenvalue weighted by atomic mass is 10.2. The molecule has 6 heteroatoms. The molecule has 1 aromatic carbocycles. The maximum atomic E-state index is 10.9. The molecule has 1 rings (SSSR count). The minimum atomic E-state index is -1.13. The van der Waals surface area contributed by atoms with Crippen LogP contribution in [-0.2, 0) is 11.3 Å². The van der Waals surface area contributed by atoms with Crippen LogP contribution < -0.4 is 4.74 Å². The molecular weight excluding hydrogens is 238 g/mol. The summed E-state index contributed by atoms with van der Waals surface area (Å²) in [6.45, 7) is 0.128. The van der Waals surface area contributed by atoms with Crippen molar-refractivity contribution in [2.24, 2.45) is 0 Å². The fourth-order valence-corrected chi connectivity index (χ4v) is 1.42. The van der Waals surface area contributed by atoms with Gasteiger partial charge in [0, 0.05) is 13.1 Å². The van der Waals surface area contributed by atoms with Gasteiger partial charge in [0.25, 0.3) is 0 Å². The SMILES string of the molecule is COc1ccc(CN(CCC(=O)O)C(=O)O)cc1. The zero-order chi connectivity index (χ0) is 13.5. The average Bonchev–Trinajstić information content (AvgIpc) is 2.34. The second kappa shape index (κ2) is 6.48. The molecule has 6 nitrogen and oxygen atoms in total. The number of methoxy groups -OCH3 is 1. The van der Waals surface area contributed by atoms with Crippen molar-refractivity contribution in [1.82, 2.24) is 4.90 Å². The summed E-state index contributed by atoms with van der Waals surface area (Å²) in [5, 5.41) is 17.5. The van der Waals surface area contributed by atoms with Crippen molar-refractivity contribution in [2.45, 2.75) is 13.0 Å². The number of carboxylic acids is 1. The Labute approximate surface area is 104 Å². The van der Waals surface area contributed by atoms with Gasteiger partial charge in [-0.3, -0.25) is 4.79 Å². The van der Waals surface area contributed by atoms with Crippen LogP contribution in [0.2, 0.25) is 0 Å². The lowest BCUT2D eigenvalue weighted by molar-refractivity contribution is -0.137. The summed E-state index contributed by atoms with van der Waals surface area (Å²) in [4.78, 5) is 22.4. The number of amides is 1. The number of hydrogen-bond donors (Lipinski definition) is 2. The van der Waals surface area contributed by atoms with Crippen molar-refractivity contribution in [3.05, 3.63) is 29.8 Å². The summed E-state index contributed by atoms with van der Waals surface area (Å²) in [5.41, 5.74) is 0.781. The van der Waals surface area contributed by atoms with Crippen LogP contribution in [0.1, 0.15) is 12.0 Å². The summed E-state index contributed by atoms with van der Waals surface area (Å²) in [5.74, 6) is -0.331. The normalized spacial score (nSPS) is 9.83. The molecular formula is C12H15NO5. The molecule has 0 aromatic heterocycles. The molecule has 0 atom stereocenters. The van der Waals surface area contributed by atoms with Crippen molar-refractivity contribution in [3.8, 4) is 5.75 Å². The fraction of sp³-hybridized carbons (Fsp3) is 0.333. The predicted molar refractivity (Wildman–Crippen MR) is 63.7 cm³/mol. The summed E-state index contributed by atoms with van der Waals surface area (Å²) in [6, 6.07) is 6.95. The Balaban J connectivity index is 2.64. The number of hydrogen-bond acceptors (Lipinski definition) is 3. The molecule has 0 saturated carbocycles. The lowest BCUT2D eigenvalue weighted by Gasteiger charge is -2.18. The Bertz CT molecular complexity index is 415. The average molecular weight is 253 g/mol. The number of rotatable bonds is 6. The largest absolute Gasteiger partial charge is 0.497 e. The van der Waals surface area contributed by atoms with Gasteiger partial charge in [0.1, 0.15) is 5.75 Å². The molecule has 0 aliphatic rings. The van der Waals surface area contributed by atoms with E-state index < -0.39 is 12.1 Å². The molecule has 1 amide bonds. The van der Waals surface area contributed by atoms with Gasteiger partial charge in [-0.25, -0.2) is 4.79 Å². The fourth-order valence-electron chi connectivity index (χ4n) is 1.42. The summed E-state index contributed by atoms with van der Waals surface area (Å²) < 4.78 is 4.99. The summed E-state index contributed by atoms with van der Waals surface area (Å²) >= 11 is 0. The molecule has 0 aliphatic heterocycles. The summed E-state index contributed by atoms with van der Waals surface area (Å²) in [6.07, 6.45) is -1.34. The Morgan fingerprint density at radius 1 is 1.22 bits per heavy atom. The maximum absolute atomic E-state index is 10.9. The smallest absolute Gasteiger partial charge is 0.407 e. The van der Waals surface area contributed by atoms with Crippen LogP contribution >= 0.6 is 0 Å². The first-order valence-electron chi connectivity index (χ1n) is 5.35. The van der Waals surface area contributed by atoms with E-state index in [0.29, 0.717) is 5.75 Å². The third kappa shape index (κ3) is 4.32. The molecule has 0 fully saturated rings. The molecule has 0 radical (unpaired) electrons. The minimum Gasteiger partial charge on any atom is -0.497 e. The minimum absolute atomic E-state index is 0.0311. The van der Waals surface area contributed by atoms with Gasteiger partial charge >= 0.3 is 12.1 Å². The quantitative estimate of drug-likeness (QED) is 0.804. The van der Waals surface area contributed by atoms with Crippen LogP contribution in [0.25, 0.3) is 0 Å². The predicted octanol–water partition coefficient (Wildman–Crippen LogP) is 1.65. The van der Waals surface area contributed by atoms with Crippen molar-refractivity contribution in [3.63, 3.8) is 0 Å². The molecule has 0 bridgehead atoms. The van der Waals surface area contributed by atoms with Crippen LogP contribution in [0.3, 0.4) is 0 Å². The van der Waals surface area contributed by atoms with Crippen molar-refractivity contribution in [1.29, 1.82) is 0 Å². The first-order valence-corrected chi connectivity index (χ1v) is 5.35. The molecule has 18 heavy (non-hydrogen) atoms. The zero-order valence-corrected chi connectivity index (χ0v) is 10.00. The Kier molecular flexibility index (Phi) is 4.98. The second-order valence-corrected chi connectivity index (χ2v) is 3.70. The topological polar surface area (TPSA) is 87.1 Å². The zero-order valence-electron chi connectivity index (χ0n) is 10.00. The molecule has 1 aromatic rings. The summed E-state index contributed by atoms with van der Waals surface area (Å²) in [7, 11) is 1.55. The molecule has 0 aliphatic carbocycles. The van der Waals surface area contributed by atoms with Gasteiger partial charge < -0.3 is 19.8 Å². The third-order valence-electron chi connectivity index (χ3n) is 2.40. The lowest BCUT2D eigenvalue weighted by Crippen LogP contribution is -2.31. The van der Waals surface area contributed by atoms with E-state index in [1.165, 1.54) is 0 Å². The Hall–Kier alpha value is -2.24. The second-order valence-electron chi connectivity index (χ2n) is 3.70. The highest BCUT2D eigenvalue weighted by atomic mass is 16.5. The van der Waals surface area contributed by atoms with E-state index in [4.69, 9.17) is 14.9 Å². The van der Waals surface area contributed by atoms with Gasteiger partial charge in [-0.15, -0.1) is 0 Å². The molecule has 0 unspecified atom stereocenters. The van der Waals surface area contributed by atoms with Crippen LogP contribution in [-0.4, -0.2) is 40.8 Å². The van der Waals surface area contributed by atoms with E-state index in [1.54, 1.807) is 31.4 Å². The van der Waals surface area contributed by atoms with Crippen LogP contribution in [0.15, 0.2) is 24.3 Å². The number of nitrogens with zero attached hydrogens (tertiary/aromatic N) is 1. The van der Waals surface area contributed by atoms with Crippen LogP contribution in [0.4, 0.5) is 4.79 Å². The van der Waals surface area contributed by atoms with Gasteiger partial charge in [-0.05, 0) is 17.7 Å². The number of ether oxygens (including phenoxy) is 1. The van der Waals surface area contributed by atoms with Gasteiger partial charge in [0.05, 0.1) is 13.5 Å². The van der Waals surface area contributed by atoms with E-state index in [0.717, 1.165) is 10.5 Å². The molecule has 2 N–H and O–H groups in total. The third-order valence-corrected chi connectivity index (χ3v) is 2.40. The highest BCUT2D eigenvalue weighted by Gasteiger charge is 2.13. The maximum Gasteiger partial charge on any atom is 0.407 e. The monoisotopic (exact) mass is 253 g/mol. The number of carboxylic acid groups (broad SMARTS) is 2. The standard InChI is InChI=1S/C12H15NO5/c1-18-10-4-2-9(3-5-10)8-13(12(16)17)7-6-11(14)15/h2-5H,6-8H2,1H3,(H,14,15)(H,16,17). The number of carbonyl (C=O) groups is 2. The van der Waals surface area contributed by atoms with Crippen molar-refractivity contribution in [2.75, 3.05) is 13.7 Å². The van der Waals surface area contributed by atoms with Crippen LogP contribution in [0, 0.1) is 0 Å². The highest BCUT2D eigenvalue weighted by Crippen LogP contribution is 2.13. The molecule has 0 spiro atoms. The van der Waals surface area contributed by atoms with E-state index in [9.17, 15) is 9.59 Å². The highest BCUT2D eigenvalue weighted by molar-refractivity contribution is 5.69. The van der Waals surface area contributed by atoms with Gasteiger partial charge in [-0.1, -0.05) is 12.1 Å². The first kappa shape index (κ1) is 13.8. The van der Waals surface area contributed by atoms with E-state index >= 15 is 0 Å². The van der Waals surface area contributed by atoms with Crippen LogP contribution in [0.5, 0.6) is 5.75 Å². The molecule has 0 heterocycles. The van der Waals surface area contributed by atoms with E-state index in [-0.39, 0.29) is 19.5 Å². The first-order chi connectivity index (χ1) is 8.52. The van der Waals surface area contributed by atoms with Crippen molar-refractivity contribution >= 4 is 12.1 Å². The van der Waals surface area contributed by atoms with E-state index in [2.05, 4.69) is 0 Å². The van der Waals surface area contributed by atoms with Crippen molar-refractivity contribution < 1.29 is 24.5 Å². The van der Waals surface area contributed by atoms with Gasteiger partial charge in [0.15, 0.2) is 0 Å². The Morgan fingerprint density at radius 2 is 1.83 bits per heavy atom. The number of benzene rings is 1. The van der Waals surface area contributed by atoms with Gasteiger partial charge in [-0.2, -0.15) is 0 Å².